The highest BCUT2D eigenvalue weighted by molar-refractivity contribution is 8.89. The second kappa shape index (κ2) is 5.17. The van der Waals surface area contributed by atoms with Crippen LogP contribution >= 0.6 is 28.8 Å². The Morgan fingerprint density at radius 2 is 1.50 bits per heavy atom. The zero-order chi connectivity index (χ0) is 11.6. The van der Waals surface area contributed by atoms with Gasteiger partial charge in [-0.25, -0.2) is 0 Å². The van der Waals surface area contributed by atoms with Gasteiger partial charge in [0.05, 0.1) is 0 Å². The molecule has 0 saturated carbocycles. The van der Waals surface area contributed by atoms with Gasteiger partial charge in [0, 0.05) is 44.3 Å². The van der Waals surface area contributed by atoms with Crippen LogP contribution in [0.3, 0.4) is 0 Å². The molecule has 86 valence electrons. The molecule has 0 fully saturated rings. The summed E-state index contributed by atoms with van der Waals surface area (Å²) in [6.07, 6.45) is 0. The number of hydrogen-bond acceptors (Lipinski definition) is 7. The lowest BCUT2D eigenvalue weighted by Gasteiger charge is -2.25. The van der Waals surface area contributed by atoms with Gasteiger partial charge < -0.3 is 0 Å². The Morgan fingerprint density at radius 1 is 1.14 bits per heavy atom. The fourth-order valence-corrected chi connectivity index (χ4v) is 6.36. The van der Waals surface area contributed by atoms with Crippen LogP contribution in [0.25, 0.3) is 0 Å². The minimum atomic E-state index is -3.76. The number of rotatable bonds is 5. The lowest BCUT2D eigenvalue weighted by Crippen LogP contribution is -2.34. The number of nitrogens with zero attached hydrogens (tertiary/aromatic N) is 2. The van der Waals surface area contributed by atoms with Crippen LogP contribution in [0.2, 0.25) is 0 Å². The van der Waals surface area contributed by atoms with Gasteiger partial charge in [-0.05, 0) is 0 Å². The third-order valence-corrected chi connectivity index (χ3v) is 10.8. The van der Waals surface area contributed by atoms with Gasteiger partial charge in [-0.15, -0.1) is 4.08 Å². The first-order valence-corrected chi connectivity index (χ1v) is 9.29. The van der Waals surface area contributed by atoms with E-state index in [-0.39, 0.29) is 0 Å². The Hall–Kier alpha value is 0.720. The Bertz CT molecular complexity index is 322. The molecule has 0 unspecified atom stereocenters. The van der Waals surface area contributed by atoms with Gasteiger partial charge >= 0.3 is 0 Å². The van der Waals surface area contributed by atoms with Gasteiger partial charge in [0.15, 0.2) is 0 Å². The van der Waals surface area contributed by atoms with Crippen molar-refractivity contribution in [1.29, 1.82) is 0 Å². The summed E-state index contributed by atoms with van der Waals surface area (Å²) in [7, 11) is 0.0833. The average Bonchev–Trinajstić information content (AvgIpc) is 2.15. The predicted molar refractivity (Wildman–Crippen MR) is 61.5 cm³/mol. The van der Waals surface area contributed by atoms with Crippen LogP contribution in [0.1, 0.15) is 0 Å². The Kier molecular flexibility index (Phi) is 5.44. The predicted octanol–water partition coefficient (Wildman–Crippen LogP) is 0.0465. The first-order chi connectivity index (χ1) is 6.22. The molecule has 4 N–H and O–H groups in total. The molecule has 0 aliphatic carbocycles. The molecule has 0 atom stereocenters. The number of nitrogens with two attached hydrogens (primary N) is 2. The topological polar surface area (TPSA) is 110 Å². The summed E-state index contributed by atoms with van der Waals surface area (Å²) in [6, 6.07) is 0. The maximum Gasteiger partial charge on any atom is 0.299 e. The van der Waals surface area contributed by atoms with Crippen LogP contribution in [-0.4, -0.2) is 37.9 Å². The van der Waals surface area contributed by atoms with Crippen molar-refractivity contribution in [2.24, 2.45) is 10.3 Å². The highest BCUT2D eigenvalue weighted by Gasteiger charge is 2.37. The summed E-state index contributed by atoms with van der Waals surface area (Å²) in [5.74, 6) is 0. The zero-order valence-corrected chi connectivity index (χ0v) is 11.3. The lowest BCUT2D eigenvalue weighted by molar-refractivity contribution is 0.477. The number of hydrogen-bond donors (Lipinski definition) is 2. The second-order valence-electron chi connectivity index (χ2n) is 2.40. The van der Waals surface area contributed by atoms with E-state index in [0.29, 0.717) is 27.2 Å². The molecule has 0 rings (SSSR count). The van der Waals surface area contributed by atoms with Crippen LogP contribution in [0.4, 0.5) is 0 Å². The van der Waals surface area contributed by atoms with Gasteiger partial charge in [-0.2, -0.15) is 12.7 Å². The van der Waals surface area contributed by atoms with Crippen molar-refractivity contribution in [3.63, 3.8) is 0 Å². The van der Waals surface area contributed by atoms with E-state index in [4.69, 9.17) is 10.3 Å². The molecular formula is C3H13N4O3PS3. The standard InChI is InChI=1S/C3H13N4O3PS3/c1-6(2)14(9,10)7(3)11(8,12-4)13-5/h4-5H2,1-3H3. The molecule has 0 aromatic rings. The third-order valence-electron chi connectivity index (χ3n) is 1.41. The van der Waals surface area contributed by atoms with Gasteiger partial charge in [-0.1, -0.05) is 0 Å². The van der Waals surface area contributed by atoms with Crippen molar-refractivity contribution in [2.45, 2.75) is 0 Å². The van der Waals surface area contributed by atoms with Crippen LogP contribution in [0.5, 0.6) is 0 Å². The van der Waals surface area contributed by atoms with E-state index < -0.39 is 15.9 Å². The van der Waals surface area contributed by atoms with E-state index in [1.807, 2.05) is 0 Å². The van der Waals surface area contributed by atoms with E-state index in [0.717, 1.165) is 4.31 Å². The smallest absolute Gasteiger partial charge is 0.279 e. The lowest BCUT2D eigenvalue weighted by atomic mass is 11.3. The van der Waals surface area contributed by atoms with Gasteiger partial charge in [-0.3, -0.25) is 14.8 Å². The van der Waals surface area contributed by atoms with Crippen molar-refractivity contribution in [1.82, 2.24) is 8.38 Å². The molecule has 0 saturated heterocycles. The fraction of sp³-hybridized carbons (Fsp3) is 1.00. The third kappa shape index (κ3) is 2.86. The molecule has 14 heavy (non-hydrogen) atoms. The molecule has 0 aliphatic rings. The summed E-state index contributed by atoms with van der Waals surface area (Å²) < 4.78 is 36.5. The van der Waals surface area contributed by atoms with Crippen molar-refractivity contribution in [2.75, 3.05) is 21.1 Å². The highest BCUT2D eigenvalue weighted by atomic mass is 33.1. The second-order valence-corrected chi connectivity index (χ2v) is 11.7. The molecule has 0 heterocycles. The van der Waals surface area contributed by atoms with E-state index >= 15 is 0 Å². The fourth-order valence-electron chi connectivity index (χ4n) is 0.520. The van der Waals surface area contributed by atoms with Crippen molar-refractivity contribution >= 4 is 39.0 Å². The van der Waals surface area contributed by atoms with Crippen molar-refractivity contribution in [3.8, 4) is 0 Å². The largest absolute Gasteiger partial charge is 0.299 e. The Balaban J connectivity index is 5.15. The molecule has 11 heteroatoms. The summed E-state index contributed by atoms with van der Waals surface area (Å²) in [5.41, 5.74) is -3.36. The Labute approximate surface area is 91.9 Å². The monoisotopic (exact) mass is 280 g/mol. The van der Waals surface area contributed by atoms with Crippen LogP contribution in [0, 0.1) is 0 Å². The molecular weight excluding hydrogens is 267 g/mol. The van der Waals surface area contributed by atoms with Gasteiger partial charge in [0.2, 0.25) is 0 Å². The van der Waals surface area contributed by atoms with E-state index in [2.05, 4.69) is 0 Å². The van der Waals surface area contributed by atoms with Crippen LogP contribution in [0.15, 0.2) is 0 Å². The molecule has 0 bridgehead atoms. The highest BCUT2D eigenvalue weighted by Crippen LogP contribution is 2.67. The molecule has 0 amide bonds. The van der Waals surface area contributed by atoms with Crippen LogP contribution < -0.4 is 10.3 Å². The molecule has 0 spiro atoms. The summed E-state index contributed by atoms with van der Waals surface area (Å²) in [4.78, 5) is 0. The quantitative estimate of drug-likeness (QED) is 0.540. The first-order valence-electron chi connectivity index (χ1n) is 3.26. The molecule has 7 nitrogen and oxygen atoms in total. The summed E-state index contributed by atoms with van der Waals surface area (Å²) in [6.45, 7) is 0. The summed E-state index contributed by atoms with van der Waals surface area (Å²) >= 11 is 0.876. The molecule has 0 radical (unpaired) electrons. The van der Waals surface area contributed by atoms with Crippen molar-refractivity contribution in [3.05, 3.63) is 0 Å². The van der Waals surface area contributed by atoms with E-state index in [1.54, 1.807) is 0 Å². The van der Waals surface area contributed by atoms with E-state index in [1.165, 1.54) is 21.1 Å². The maximum absolute atomic E-state index is 11.8. The van der Waals surface area contributed by atoms with Gasteiger partial charge in [0.1, 0.15) is 0 Å². The SMILES string of the molecule is CN(C)S(=O)(=O)N(C)P(=O)(SN)SN. The average molecular weight is 280 g/mol. The van der Waals surface area contributed by atoms with Gasteiger partial charge in [0.25, 0.3) is 15.9 Å². The Morgan fingerprint density at radius 3 is 1.71 bits per heavy atom. The summed E-state index contributed by atoms with van der Waals surface area (Å²) in [5, 5.41) is 10.3. The van der Waals surface area contributed by atoms with Crippen molar-refractivity contribution < 1.29 is 13.0 Å². The first kappa shape index (κ1) is 14.7. The zero-order valence-electron chi connectivity index (χ0n) is 7.95. The minimum absolute atomic E-state index is 0.438. The maximum atomic E-state index is 11.8. The molecule has 0 aromatic heterocycles. The normalized spacial score (nSPS) is 13.9. The van der Waals surface area contributed by atoms with E-state index in [9.17, 15) is 13.0 Å². The molecule has 0 aromatic carbocycles. The van der Waals surface area contributed by atoms with Crippen LogP contribution in [-0.2, 0) is 14.8 Å². The minimum Gasteiger partial charge on any atom is -0.279 e. The molecule has 0 aliphatic heterocycles.